The predicted octanol–water partition coefficient (Wildman–Crippen LogP) is 4.12. The summed E-state index contributed by atoms with van der Waals surface area (Å²) < 4.78 is 5.17. The second-order valence-corrected chi connectivity index (χ2v) is 10.3. The van der Waals surface area contributed by atoms with Crippen LogP contribution < -0.4 is 42.0 Å². The van der Waals surface area contributed by atoms with Gasteiger partial charge in [0.05, 0.1) is 18.5 Å². The molecule has 0 aliphatic rings. The molecule has 0 fully saturated rings. The van der Waals surface area contributed by atoms with Gasteiger partial charge in [-0.25, -0.2) is 19.6 Å². The molecule has 0 radical (unpaired) electrons. The first-order valence-electron chi connectivity index (χ1n) is 14.8. The normalized spacial score (nSPS) is 10.8. The van der Waals surface area contributed by atoms with Crippen molar-refractivity contribution in [3.05, 3.63) is 92.8 Å². The van der Waals surface area contributed by atoms with Crippen molar-refractivity contribution in [1.29, 1.82) is 0 Å². The summed E-state index contributed by atoms with van der Waals surface area (Å²) in [4.78, 5) is 63.2. The molecule has 16 nitrogen and oxygen atoms in total. The van der Waals surface area contributed by atoms with E-state index >= 15 is 0 Å². The van der Waals surface area contributed by atoms with Gasteiger partial charge in [0.15, 0.2) is 0 Å². The van der Waals surface area contributed by atoms with Gasteiger partial charge in [-0.05, 0) is 75.2 Å². The fraction of sp³-hybridized carbons (Fsp3) is 0.290. The molecule has 2 aromatic carbocycles. The number of amides is 4. The first kappa shape index (κ1) is 33.8. The van der Waals surface area contributed by atoms with Gasteiger partial charge >= 0.3 is 12.1 Å². The van der Waals surface area contributed by atoms with Crippen molar-refractivity contribution in [2.45, 2.75) is 26.7 Å². The maximum absolute atomic E-state index is 12.3. The number of aromatic amines is 2. The lowest BCUT2D eigenvalue weighted by molar-refractivity contribution is 0.251. The molecule has 246 valence electrons. The number of benzene rings is 2. The number of urea groups is 2. The van der Waals surface area contributed by atoms with Crippen molar-refractivity contribution in [2.75, 3.05) is 48.8 Å². The number of carbonyl (C=O) groups excluding carboxylic acids is 2. The summed E-state index contributed by atoms with van der Waals surface area (Å²) in [6, 6.07) is 16.5. The van der Waals surface area contributed by atoms with Gasteiger partial charge in [0, 0.05) is 55.4 Å². The SMILES string of the molecule is COc1ccc(N=Nc2ccc(N(CCCNC(=O)Nc3nc(C)cc(=O)[nH]3)CCCNC(=O)Nc3nc(C)cc(=O)[nH]3)cc2)cc1. The van der Waals surface area contributed by atoms with Gasteiger partial charge in [-0.2, -0.15) is 10.2 Å². The molecule has 2 heterocycles. The van der Waals surface area contributed by atoms with Gasteiger partial charge in [-0.3, -0.25) is 30.2 Å². The zero-order valence-electron chi connectivity index (χ0n) is 26.3. The topological polar surface area (TPSA) is 211 Å². The lowest BCUT2D eigenvalue weighted by Gasteiger charge is -2.25. The Morgan fingerprint density at radius 3 is 1.62 bits per heavy atom. The number of rotatable bonds is 14. The van der Waals surface area contributed by atoms with Crippen molar-refractivity contribution in [3.8, 4) is 5.75 Å². The molecule has 0 aliphatic heterocycles. The van der Waals surface area contributed by atoms with Crippen LogP contribution in [0.1, 0.15) is 24.2 Å². The number of nitrogens with zero attached hydrogens (tertiary/aromatic N) is 5. The number of methoxy groups -OCH3 is 1. The fourth-order valence-corrected chi connectivity index (χ4v) is 4.39. The van der Waals surface area contributed by atoms with Crippen LogP contribution in [0, 0.1) is 13.8 Å². The van der Waals surface area contributed by atoms with E-state index in [4.69, 9.17) is 4.74 Å². The van der Waals surface area contributed by atoms with E-state index in [9.17, 15) is 19.2 Å². The Labute approximate surface area is 270 Å². The number of hydrogen-bond donors (Lipinski definition) is 6. The molecular formula is C31H37N11O5. The third-order valence-corrected chi connectivity index (χ3v) is 6.55. The number of hydrogen-bond acceptors (Lipinski definition) is 10. The molecule has 16 heteroatoms. The average molecular weight is 644 g/mol. The molecule has 0 atom stereocenters. The van der Waals surface area contributed by atoms with E-state index in [1.54, 1.807) is 21.0 Å². The van der Waals surface area contributed by atoms with E-state index in [1.807, 2.05) is 48.5 Å². The maximum Gasteiger partial charge on any atom is 0.321 e. The molecule has 2 aromatic heterocycles. The summed E-state index contributed by atoms with van der Waals surface area (Å²) >= 11 is 0. The van der Waals surface area contributed by atoms with E-state index in [1.165, 1.54) is 12.1 Å². The number of H-pyrrole nitrogens is 2. The molecule has 0 aliphatic carbocycles. The van der Waals surface area contributed by atoms with Crippen LogP contribution in [-0.4, -0.2) is 65.3 Å². The van der Waals surface area contributed by atoms with Crippen LogP contribution in [0.4, 0.5) is 38.5 Å². The van der Waals surface area contributed by atoms with E-state index in [2.05, 4.69) is 56.3 Å². The zero-order valence-corrected chi connectivity index (χ0v) is 26.3. The molecule has 0 spiro atoms. The number of carbonyl (C=O) groups is 2. The highest BCUT2D eigenvalue weighted by atomic mass is 16.5. The fourth-order valence-electron chi connectivity index (χ4n) is 4.39. The van der Waals surface area contributed by atoms with Gasteiger partial charge in [0.2, 0.25) is 11.9 Å². The third-order valence-electron chi connectivity index (χ3n) is 6.55. The highest BCUT2D eigenvalue weighted by Gasteiger charge is 2.10. The van der Waals surface area contributed by atoms with Crippen molar-refractivity contribution < 1.29 is 14.3 Å². The minimum absolute atomic E-state index is 0.0689. The van der Waals surface area contributed by atoms with Crippen LogP contribution in [0.2, 0.25) is 0 Å². The first-order chi connectivity index (χ1) is 22.7. The monoisotopic (exact) mass is 643 g/mol. The number of aromatic nitrogens is 4. The third kappa shape index (κ3) is 11.4. The Balaban J connectivity index is 1.32. The molecule has 0 saturated heterocycles. The van der Waals surface area contributed by atoms with Gasteiger partial charge in [-0.15, -0.1) is 0 Å². The summed E-state index contributed by atoms with van der Waals surface area (Å²) in [6.45, 7) is 5.22. The Morgan fingerprint density at radius 1 is 0.745 bits per heavy atom. The Kier molecular flexibility index (Phi) is 12.1. The Morgan fingerprint density at radius 2 is 1.19 bits per heavy atom. The lowest BCUT2D eigenvalue weighted by Crippen LogP contribution is -2.35. The molecule has 4 rings (SSSR count). The summed E-state index contributed by atoms with van der Waals surface area (Å²) in [6.07, 6.45) is 1.20. The number of azo groups is 1. The summed E-state index contributed by atoms with van der Waals surface area (Å²) in [7, 11) is 1.60. The van der Waals surface area contributed by atoms with Crippen molar-refractivity contribution in [1.82, 2.24) is 30.6 Å². The van der Waals surface area contributed by atoms with Crippen LogP contribution in [0.25, 0.3) is 0 Å². The smallest absolute Gasteiger partial charge is 0.321 e. The van der Waals surface area contributed by atoms with Crippen molar-refractivity contribution in [3.63, 3.8) is 0 Å². The minimum Gasteiger partial charge on any atom is -0.497 e. The number of aryl methyl sites for hydroxylation is 2. The van der Waals surface area contributed by atoms with E-state index in [0.717, 1.165) is 11.4 Å². The molecule has 6 N–H and O–H groups in total. The van der Waals surface area contributed by atoms with Gasteiger partial charge in [0.1, 0.15) is 5.75 Å². The maximum atomic E-state index is 12.3. The quantitative estimate of drug-likeness (QED) is 0.0867. The largest absolute Gasteiger partial charge is 0.497 e. The molecule has 0 bridgehead atoms. The summed E-state index contributed by atoms with van der Waals surface area (Å²) in [5.74, 6) is 0.873. The Bertz CT molecular complexity index is 1710. The minimum atomic E-state index is -0.489. The molecule has 4 amide bonds. The molecule has 0 saturated carbocycles. The number of anilines is 3. The number of nitrogens with one attached hydrogen (secondary N) is 6. The highest BCUT2D eigenvalue weighted by molar-refractivity contribution is 5.87. The van der Waals surface area contributed by atoms with E-state index in [-0.39, 0.29) is 23.0 Å². The molecule has 47 heavy (non-hydrogen) atoms. The van der Waals surface area contributed by atoms with E-state index in [0.29, 0.717) is 61.8 Å². The molecule has 0 unspecified atom stereocenters. The molecule has 4 aromatic rings. The van der Waals surface area contributed by atoms with Gasteiger partial charge in [0.25, 0.3) is 11.1 Å². The van der Waals surface area contributed by atoms with Gasteiger partial charge in [-0.1, -0.05) is 0 Å². The van der Waals surface area contributed by atoms with Crippen molar-refractivity contribution >= 4 is 41.0 Å². The average Bonchev–Trinajstić information content (AvgIpc) is 3.02. The van der Waals surface area contributed by atoms with Crippen LogP contribution in [0.5, 0.6) is 5.75 Å². The standard InChI is InChI=1S/C31H37N11O5/c1-20-18-26(43)36-28(34-20)38-30(45)32-14-4-16-42(17-5-15-33-31(46)39-29-35-21(2)19-27(44)37-29)24-10-6-22(7-11-24)40-41-23-8-12-25(47-3)13-9-23/h6-13,18-19H,4-5,14-17H2,1-3H3,(H3,32,34,36,38,43,45)(H3,33,35,37,39,44,46). The second kappa shape index (κ2) is 16.9. The summed E-state index contributed by atoms with van der Waals surface area (Å²) in [5, 5.41) is 19.2. The second-order valence-electron chi connectivity index (χ2n) is 10.3. The summed E-state index contributed by atoms with van der Waals surface area (Å²) in [5.41, 5.74) is 2.55. The van der Waals surface area contributed by atoms with Crippen LogP contribution >= 0.6 is 0 Å². The Hall–Kier alpha value is -6.06. The first-order valence-corrected chi connectivity index (χ1v) is 14.8. The molecular weight excluding hydrogens is 606 g/mol. The zero-order chi connectivity index (χ0) is 33.6. The van der Waals surface area contributed by atoms with Crippen LogP contribution in [-0.2, 0) is 0 Å². The van der Waals surface area contributed by atoms with E-state index < -0.39 is 12.1 Å². The van der Waals surface area contributed by atoms with Crippen LogP contribution in [0.15, 0.2) is 80.5 Å². The predicted molar refractivity (Wildman–Crippen MR) is 178 cm³/mol. The number of ether oxygens (including phenoxy) is 1. The highest BCUT2D eigenvalue weighted by Crippen LogP contribution is 2.24. The van der Waals surface area contributed by atoms with Crippen molar-refractivity contribution in [2.24, 2.45) is 10.2 Å². The van der Waals surface area contributed by atoms with Crippen LogP contribution in [0.3, 0.4) is 0 Å². The van der Waals surface area contributed by atoms with Gasteiger partial charge < -0.3 is 20.3 Å². The lowest BCUT2D eigenvalue weighted by atomic mass is 10.2.